The minimum atomic E-state index is -0.564. The highest BCUT2D eigenvalue weighted by molar-refractivity contribution is 7.79. The number of carbonyl (C=O) groups is 1. The zero-order chi connectivity index (χ0) is 11.8. The molecule has 3 nitrogen and oxygen atoms in total. The Kier molecular flexibility index (Phi) is 7.38. The predicted octanol–water partition coefficient (Wildman–Crippen LogP) is 2.71. The predicted molar refractivity (Wildman–Crippen MR) is 67.8 cm³/mol. The molecule has 0 aliphatic heterocycles. The third kappa shape index (κ3) is 5.77. The van der Waals surface area contributed by atoms with E-state index >= 15 is 0 Å². The average molecular weight is 267 g/mol. The fraction of sp³-hybridized carbons (Fsp3) is 0.222. The molecule has 0 unspecified atom stereocenters. The van der Waals surface area contributed by atoms with Gasteiger partial charge >= 0.3 is 6.03 Å². The maximum absolute atomic E-state index is 10.4. The molecule has 0 spiro atoms. The molecule has 0 bridgehead atoms. The molecule has 1 aromatic carbocycles. The minimum Gasteiger partial charge on any atom is -0.352 e. The topological polar surface area (TPSA) is 55.1 Å². The highest BCUT2D eigenvalue weighted by Gasteiger charge is 1.99. The van der Waals surface area contributed by atoms with Crippen LogP contribution in [0.2, 0.25) is 10.0 Å². The van der Waals surface area contributed by atoms with Crippen LogP contribution >= 0.6 is 35.8 Å². The third-order valence-corrected chi connectivity index (χ3v) is 2.19. The van der Waals surface area contributed by atoms with Gasteiger partial charge in [0.25, 0.3) is 0 Å². The number of nitrogens with two attached hydrogens (primary N) is 1. The molecule has 3 N–H and O–H groups in total. The smallest absolute Gasteiger partial charge is 0.312 e. The molecule has 0 saturated carbocycles. The largest absolute Gasteiger partial charge is 0.352 e. The summed E-state index contributed by atoms with van der Waals surface area (Å²) < 4.78 is 0. The number of amides is 2. The van der Waals surface area contributed by atoms with E-state index in [1.54, 1.807) is 24.5 Å². The van der Waals surface area contributed by atoms with Crippen molar-refractivity contribution in [1.82, 2.24) is 5.32 Å². The molecule has 0 heterocycles. The number of urea groups is 1. The molecule has 0 aromatic heterocycles. The number of rotatable bonds is 2. The number of thiol groups is 1. The number of benzene rings is 1. The van der Waals surface area contributed by atoms with Gasteiger partial charge in [0.2, 0.25) is 0 Å². The SMILES string of the molecule is CS.NC(=O)NCc1ccc(Cl)c(Cl)c1. The molecular weight excluding hydrogens is 255 g/mol. The Morgan fingerprint density at radius 2 is 2.00 bits per heavy atom. The molecule has 0 saturated heterocycles. The van der Waals surface area contributed by atoms with E-state index < -0.39 is 6.03 Å². The van der Waals surface area contributed by atoms with Crippen molar-refractivity contribution in [3.05, 3.63) is 33.8 Å². The Morgan fingerprint density at radius 3 is 2.47 bits per heavy atom. The van der Waals surface area contributed by atoms with Crippen molar-refractivity contribution in [1.29, 1.82) is 0 Å². The van der Waals surface area contributed by atoms with Crippen LogP contribution in [0.3, 0.4) is 0 Å². The van der Waals surface area contributed by atoms with E-state index in [1.165, 1.54) is 0 Å². The first-order chi connectivity index (χ1) is 7.09. The van der Waals surface area contributed by atoms with Crippen LogP contribution in [0.1, 0.15) is 5.56 Å². The first kappa shape index (κ1) is 14.4. The number of hydrogen-bond donors (Lipinski definition) is 3. The highest BCUT2D eigenvalue weighted by atomic mass is 35.5. The van der Waals surface area contributed by atoms with Crippen LogP contribution < -0.4 is 11.1 Å². The van der Waals surface area contributed by atoms with Crippen LogP contribution in [0.25, 0.3) is 0 Å². The number of halogens is 2. The molecule has 1 aromatic rings. The molecule has 0 radical (unpaired) electrons. The lowest BCUT2D eigenvalue weighted by Crippen LogP contribution is -2.28. The molecular formula is C9H12Cl2N2OS. The van der Waals surface area contributed by atoms with Gasteiger partial charge in [0.05, 0.1) is 10.0 Å². The van der Waals surface area contributed by atoms with E-state index in [-0.39, 0.29) is 0 Å². The zero-order valence-corrected chi connectivity index (χ0v) is 10.5. The van der Waals surface area contributed by atoms with Crippen LogP contribution in [0, 0.1) is 0 Å². The van der Waals surface area contributed by atoms with Gasteiger partial charge in [-0.15, -0.1) is 0 Å². The van der Waals surface area contributed by atoms with Crippen molar-refractivity contribution in [2.75, 3.05) is 6.26 Å². The number of carbonyl (C=O) groups excluding carboxylic acids is 1. The first-order valence-electron chi connectivity index (χ1n) is 4.01. The third-order valence-electron chi connectivity index (χ3n) is 1.45. The Hall–Kier alpha value is -0.580. The molecule has 15 heavy (non-hydrogen) atoms. The van der Waals surface area contributed by atoms with Gasteiger partial charge in [-0.1, -0.05) is 29.3 Å². The average Bonchev–Trinajstić information content (AvgIpc) is 2.23. The summed E-state index contributed by atoms with van der Waals surface area (Å²) in [4.78, 5) is 10.4. The lowest BCUT2D eigenvalue weighted by molar-refractivity contribution is 0.248. The molecule has 6 heteroatoms. The van der Waals surface area contributed by atoms with Crippen LogP contribution in [0.15, 0.2) is 18.2 Å². The molecule has 1 rings (SSSR count). The Bertz CT molecular complexity index is 334. The van der Waals surface area contributed by atoms with E-state index in [0.717, 1.165) is 5.56 Å². The number of hydrogen-bond acceptors (Lipinski definition) is 2. The normalized spacial score (nSPS) is 8.80. The zero-order valence-electron chi connectivity index (χ0n) is 8.13. The van der Waals surface area contributed by atoms with Gasteiger partial charge in [-0.3, -0.25) is 0 Å². The molecule has 0 atom stereocenters. The van der Waals surface area contributed by atoms with Gasteiger partial charge in [-0.2, -0.15) is 12.6 Å². The second-order valence-electron chi connectivity index (χ2n) is 2.47. The van der Waals surface area contributed by atoms with Crippen LogP contribution in [0.5, 0.6) is 0 Å². The monoisotopic (exact) mass is 266 g/mol. The summed E-state index contributed by atoms with van der Waals surface area (Å²) in [6.45, 7) is 0.353. The van der Waals surface area contributed by atoms with E-state index in [4.69, 9.17) is 28.9 Å². The minimum absolute atomic E-state index is 0.353. The maximum atomic E-state index is 10.4. The van der Waals surface area contributed by atoms with Gasteiger partial charge < -0.3 is 11.1 Å². The highest BCUT2D eigenvalue weighted by Crippen LogP contribution is 2.22. The van der Waals surface area contributed by atoms with Gasteiger partial charge in [-0.25, -0.2) is 4.79 Å². The van der Waals surface area contributed by atoms with Crippen LogP contribution in [-0.2, 0) is 6.54 Å². The summed E-state index contributed by atoms with van der Waals surface area (Å²) in [5.41, 5.74) is 5.75. The Labute approximate surface area is 104 Å². The standard InChI is InChI=1S/C8H8Cl2N2O.CH4S/c9-6-2-1-5(3-7(6)10)4-12-8(11)13;1-2/h1-3H,4H2,(H3,11,12,13);2H,1H3. The van der Waals surface area contributed by atoms with Gasteiger partial charge in [-0.05, 0) is 24.0 Å². The molecule has 0 aliphatic carbocycles. The second kappa shape index (κ2) is 7.68. The fourth-order valence-corrected chi connectivity index (χ4v) is 1.16. The fourth-order valence-electron chi connectivity index (χ4n) is 0.839. The summed E-state index contributed by atoms with van der Waals surface area (Å²) in [6, 6.07) is 4.55. The van der Waals surface area contributed by atoms with E-state index in [2.05, 4.69) is 17.9 Å². The van der Waals surface area contributed by atoms with Gasteiger partial charge in [0.1, 0.15) is 0 Å². The lowest BCUT2D eigenvalue weighted by atomic mass is 10.2. The lowest BCUT2D eigenvalue weighted by Gasteiger charge is -2.03. The summed E-state index contributed by atoms with van der Waals surface area (Å²) in [5, 5.41) is 3.40. The van der Waals surface area contributed by atoms with Gasteiger partial charge in [0, 0.05) is 6.54 Å². The van der Waals surface area contributed by atoms with Crippen molar-refractivity contribution in [2.45, 2.75) is 6.54 Å². The second-order valence-corrected chi connectivity index (χ2v) is 3.28. The molecule has 0 fully saturated rings. The van der Waals surface area contributed by atoms with E-state index in [1.807, 2.05) is 0 Å². The summed E-state index contributed by atoms with van der Waals surface area (Å²) in [5.74, 6) is 0. The number of nitrogens with one attached hydrogen (secondary N) is 1. The molecule has 84 valence electrons. The summed E-state index contributed by atoms with van der Waals surface area (Å²) in [6.07, 6.45) is 1.69. The van der Waals surface area contributed by atoms with Crippen LogP contribution in [0.4, 0.5) is 4.79 Å². The van der Waals surface area contributed by atoms with Crippen molar-refractivity contribution >= 4 is 41.9 Å². The van der Waals surface area contributed by atoms with Crippen molar-refractivity contribution in [2.24, 2.45) is 5.73 Å². The van der Waals surface area contributed by atoms with E-state index in [0.29, 0.717) is 16.6 Å². The quantitative estimate of drug-likeness (QED) is 0.709. The van der Waals surface area contributed by atoms with E-state index in [9.17, 15) is 4.79 Å². The summed E-state index contributed by atoms with van der Waals surface area (Å²) in [7, 11) is 0. The first-order valence-corrected chi connectivity index (χ1v) is 5.66. The Morgan fingerprint density at radius 1 is 1.40 bits per heavy atom. The Balaban J connectivity index is 0.000000921. The van der Waals surface area contributed by atoms with Crippen LogP contribution in [-0.4, -0.2) is 12.3 Å². The van der Waals surface area contributed by atoms with Crippen molar-refractivity contribution in [3.63, 3.8) is 0 Å². The molecule has 0 aliphatic rings. The number of primary amides is 1. The maximum Gasteiger partial charge on any atom is 0.312 e. The summed E-state index contributed by atoms with van der Waals surface area (Å²) >= 11 is 15.0. The van der Waals surface area contributed by atoms with Crippen molar-refractivity contribution < 1.29 is 4.79 Å². The van der Waals surface area contributed by atoms with Gasteiger partial charge in [0.15, 0.2) is 0 Å². The molecule has 2 amide bonds. The van der Waals surface area contributed by atoms with Crippen molar-refractivity contribution in [3.8, 4) is 0 Å².